The van der Waals surface area contributed by atoms with Crippen LogP contribution in [0.1, 0.15) is 59.8 Å². The van der Waals surface area contributed by atoms with Crippen LogP contribution < -0.4 is 11.1 Å². The summed E-state index contributed by atoms with van der Waals surface area (Å²) >= 11 is 0. The second-order valence-corrected chi connectivity index (χ2v) is 7.01. The topological polar surface area (TPSA) is 64.3 Å². The molecule has 0 aliphatic heterocycles. The molecule has 4 nitrogen and oxygen atoms in total. The van der Waals surface area contributed by atoms with Gasteiger partial charge in [0.1, 0.15) is 0 Å². The zero-order valence-corrected chi connectivity index (χ0v) is 14.3. The van der Waals surface area contributed by atoms with Crippen molar-refractivity contribution >= 4 is 5.91 Å². The van der Waals surface area contributed by atoms with Crippen molar-refractivity contribution in [3.05, 3.63) is 0 Å². The fraction of sp³-hybridized carbons (Fsp3) is 0.941. The largest absolute Gasteiger partial charge is 0.381 e. The Morgan fingerprint density at radius 1 is 1.29 bits per heavy atom. The molecule has 0 aromatic heterocycles. The molecule has 1 aliphatic carbocycles. The highest BCUT2D eigenvalue weighted by molar-refractivity contribution is 5.79. The molecule has 0 bridgehead atoms. The second kappa shape index (κ2) is 8.74. The molecule has 124 valence electrons. The van der Waals surface area contributed by atoms with E-state index >= 15 is 0 Å². The van der Waals surface area contributed by atoms with Gasteiger partial charge in [-0.05, 0) is 37.0 Å². The molecule has 0 aromatic rings. The van der Waals surface area contributed by atoms with Gasteiger partial charge >= 0.3 is 0 Å². The average Bonchev–Trinajstić information content (AvgIpc) is 2.43. The van der Waals surface area contributed by atoms with Crippen molar-refractivity contribution in [3.63, 3.8) is 0 Å². The molecule has 3 N–H and O–H groups in total. The van der Waals surface area contributed by atoms with Gasteiger partial charge in [-0.25, -0.2) is 0 Å². The molecule has 1 aliphatic rings. The first-order valence-electron chi connectivity index (χ1n) is 8.52. The highest BCUT2D eigenvalue weighted by Crippen LogP contribution is 2.44. The Kier molecular flexibility index (Phi) is 7.67. The van der Waals surface area contributed by atoms with Crippen LogP contribution in [0.3, 0.4) is 0 Å². The van der Waals surface area contributed by atoms with Gasteiger partial charge in [0.05, 0.1) is 0 Å². The molecular formula is C17H34N2O2. The van der Waals surface area contributed by atoms with E-state index in [1.54, 1.807) is 0 Å². The van der Waals surface area contributed by atoms with Crippen LogP contribution in [0.2, 0.25) is 0 Å². The van der Waals surface area contributed by atoms with Crippen LogP contribution in [0, 0.1) is 17.3 Å². The van der Waals surface area contributed by atoms with Crippen molar-refractivity contribution in [2.24, 2.45) is 23.0 Å². The van der Waals surface area contributed by atoms with Crippen LogP contribution in [0.25, 0.3) is 0 Å². The van der Waals surface area contributed by atoms with Gasteiger partial charge < -0.3 is 15.8 Å². The highest BCUT2D eigenvalue weighted by atomic mass is 16.5. The Hall–Kier alpha value is -0.610. The third-order valence-corrected chi connectivity index (χ3v) is 5.23. The second-order valence-electron chi connectivity index (χ2n) is 7.01. The first-order chi connectivity index (χ1) is 9.91. The minimum atomic E-state index is -0.0284. The molecule has 0 spiro atoms. The monoisotopic (exact) mass is 298 g/mol. The van der Waals surface area contributed by atoms with Gasteiger partial charge in [-0.1, -0.05) is 34.1 Å². The number of ether oxygens (including phenoxy) is 1. The van der Waals surface area contributed by atoms with Crippen molar-refractivity contribution < 1.29 is 9.53 Å². The first-order valence-corrected chi connectivity index (χ1v) is 8.52. The van der Waals surface area contributed by atoms with Gasteiger partial charge in [-0.15, -0.1) is 0 Å². The third kappa shape index (κ3) is 5.26. The van der Waals surface area contributed by atoms with Gasteiger partial charge in [0.15, 0.2) is 0 Å². The number of hydrogen-bond acceptors (Lipinski definition) is 3. The van der Waals surface area contributed by atoms with E-state index in [9.17, 15) is 4.79 Å². The van der Waals surface area contributed by atoms with Crippen LogP contribution in [-0.2, 0) is 9.53 Å². The fourth-order valence-corrected chi connectivity index (χ4v) is 3.18. The molecule has 0 aromatic carbocycles. The van der Waals surface area contributed by atoms with Crippen molar-refractivity contribution in [1.82, 2.24) is 5.32 Å². The maximum absolute atomic E-state index is 12.4. The van der Waals surface area contributed by atoms with E-state index in [4.69, 9.17) is 10.5 Å². The van der Waals surface area contributed by atoms with Crippen molar-refractivity contribution in [2.75, 3.05) is 19.8 Å². The molecule has 0 heterocycles. The molecule has 1 saturated carbocycles. The van der Waals surface area contributed by atoms with Gasteiger partial charge in [0.2, 0.25) is 5.91 Å². The average molecular weight is 298 g/mol. The van der Waals surface area contributed by atoms with E-state index in [1.807, 2.05) is 0 Å². The summed E-state index contributed by atoms with van der Waals surface area (Å²) in [4.78, 5) is 12.4. The molecule has 0 saturated heterocycles. The summed E-state index contributed by atoms with van der Waals surface area (Å²) in [5.41, 5.74) is 6.12. The predicted molar refractivity (Wildman–Crippen MR) is 87.0 cm³/mol. The lowest BCUT2D eigenvalue weighted by Crippen LogP contribution is -2.51. The van der Waals surface area contributed by atoms with Gasteiger partial charge in [0.25, 0.3) is 0 Å². The quantitative estimate of drug-likeness (QED) is 0.677. The molecule has 3 unspecified atom stereocenters. The van der Waals surface area contributed by atoms with Gasteiger partial charge in [0, 0.05) is 31.7 Å². The number of carbonyl (C=O) groups is 1. The highest BCUT2D eigenvalue weighted by Gasteiger charge is 2.44. The van der Waals surface area contributed by atoms with Crippen LogP contribution in [0.5, 0.6) is 0 Å². The first kappa shape index (κ1) is 18.4. The summed E-state index contributed by atoms with van der Waals surface area (Å²) in [6, 6.07) is 0.219. The smallest absolute Gasteiger partial charge is 0.223 e. The normalized spacial score (nSPS) is 28.3. The zero-order chi connectivity index (χ0) is 15.9. The number of amides is 1. The predicted octanol–water partition coefficient (Wildman–Crippen LogP) is 2.71. The molecule has 21 heavy (non-hydrogen) atoms. The number of nitrogens with two attached hydrogens (primary N) is 1. The maximum atomic E-state index is 12.4. The molecule has 1 rings (SSSR count). The molecule has 0 radical (unpaired) electrons. The number of hydrogen-bond donors (Lipinski definition) is 2. The van der Waals surface area contributed by atoms with Crippen molar-refractivity contribution in [3.8, 4) is 0 Å². The lowest BCUT2D eigenvalue weighted by atomic mass is 9.61. The number of nitrogens with one attached hydrogen (secondary N) is 1. The molecule has 1 fully saturated rings. The van der Waals surface area contributed by atoms with Crippen LogP contribution in [-0.4, -0.2) is 31.7 Å². The lowest BCUT2D eigenvalue weighted by molar-refractivity contribution is -0.132. The van der Waals surface area contributed by atoms with Crippen LogP contribution in [0.4, 0.5) is 0 Å². The summed E-state index contributed by atoms with van der Waals surface area (Å²) in [5.74, 6) is 0.639. The van der Waals surface area contributed by atoms with E-state index < -0.39 is 0 Å². The SMILES string of the molecule is CCCCOCCCNC(=O)C1CCC(N)C(C)C1(C)C. The van der Waals surface area contributed by atoms with E-state index in [0.29, 0.717) is 12.5 Å². The Labute approximate surface area is 130 Å². The Bertz CT molecular complexity index is 318. The summed E-state index contributed by atoms with van der Waals surface area (Å²) in [5, 5.41) is 3.07. The zero-order valence-electron chi connectivity index (χ0n) is 14.3. The standard InChI is InChI=1S/C17H34N2O2/c1-5-6-11-21-12-7-10-19-16(20)14-8-9-15(18)13(2)17(14,3)4/h13-15H,5-12,18H2,1-4H3,(H,19,20). The molecule has 3 atom stereocenters. The van der Waals surface area contributed by atoms with Crippen LogP contribution >= 0.6 is 0 Å². The molecule has 1 amide bonds. The van der Waals surface area contributed by atoms with Crippen molar-refractivity contribution in [2.45, 2.75) is 65.8 Å². The number of carbonyl (C=O) groups excluding carboxylic acids is 1. The van der Waals surface area contributed by atoms with Crippen LogP contribution in [0.15, 0.2) is 0 Å². The third-order valence-electron chi connectivity index (χ3n) is 5.23. The molecular weight excluding hydrogens is 264 g/mol. The van der Waals surface area contributed by atoms with E-state index in [1.165, 1.54) is 0 Å². The van der Waals surface area contributed by atoms with E-state index in [-0.39, 0.29) is 23.3 Å². The summed E-state index contributed by atoms with van der Waals surface area (Å²) in [6.45, 7) is 10.9. The fourth-order valence-electron chi connectivity index (χ4n) is 3.18. The molecule has 4 heteroatoms. The maximum Gasteiger partial charge on any atom is 0.223 e. The number of rotatable bonds is 8. The minimum Gasteiger partial charge on any atom is -0.381 e. The number of unbranched alkanes of at least 4 members (excludes halogenated alkanes) is 1. The van der Waals surface area contributed by atoms with Gasteiger partial charge in [-0.3, -0.25) is 4.79 Å². The Morgan fingerprint density at radius 2 is 1.95 bits per heavy atom. The summed E-state index contributed by atoms with van der Waals surface area (Å²) in [6.07, 6.45) is 5.01. The van der Waals surface area contributed by atoms with E-state index in [0.717, 1.165) is 45.3 Å². The Morgan fingerprint density at radius 3 is 2.62 bits per heavy atom. The van der Waals surface area contributed by atoms with Crippen molar-refractivity contribution in [1.29, 1.82) is 0 Å². The lowest BCUT2D eigenvalue weighted by Gasteiger charge is -2.46. The van der Waals surface area contributed by atoms with E-state index in [2.05, 4.69) is 33.0 Å². The summed E-state index contributed by atoms with van der Waals surface area (Å²) in [7, 11) is 0. The minimum absolute atomic E-state index is 0.0284. The summed E-state index contributed by atoms with van der Waals surface area (Å²) < 4.78 is 5.51. The Balaban J connectivity index is 2.28. The van der Waals surface area contributed by atoms with Gasteiger partial charge in [-0.2, -0.15) is 0 Å².